The number of allylic oxidation sites excluding steroid dienone is 1. The Balaban J connectivity index is 4.11. The summed E-state index contributed by atoms with van der Waals surface area (Å²) in [6.45, 7) is 4.71. The molecule has 0 rings (SSSR count). The molecule has 0 bridgehead atoms. The van der Waals surface area contributed by atoms with Crippen LogP contribution in [0.25, 0.3) is 0 Å². The number of hydrogen-bond donors (Lipinski definition) is 2. The van der Waals surface area contributed by atoms with Crippen LogP contribution >= 0.6 is 7.82 Å². The number of likely N-dealkylation sites (N-methyl/N-ethyl adjacent to an activating group) is 1. The number of carbonyl (C=O) groups is 1. The van der Waals surface area contributed by atoms with Crippen LogP contribution < -0.4 is 10.2 Å². The highest BCUT2D eigenvalue weighted by Crippen LogP contribution is 2.38. The molecule has 0 aromatic rings. The van der Waals surface area contributed by atoms with E-state index in [1.807, 2.05) is 27.2 Å². The first kappa shape index (κ1) is 70.2. The van der Waals surface area contributed by atoms with Gasteiger partial charge in [-0.15, -0.1) is 0 Å². The van der Waals surface area contributed by atoms with Crippen molar-refractivity contribution in [2.45, 2.75) is 341 Å². The Bertz CT molecular complexity index is 1160. The number of nitrogens with one attached hydrogen (secondary N) is 1. The largest absolute Gasteiger partial charge is 0.756 e. The minimum atomic E-state index is -4.60. The highest BCUT2D eigenvalue weighted by Gasteiger charge is 2.23. The second-order valence-electron chi connectivity index (χ2n) is 23.1. The number of unbranched alkanes of at least 4 members (excludes halogenated alkanes) is 46. The van der Waals surface area contributed by atoms with Crippen molar-refractivity contribution < 1.29 is 32.9 Å². The van der Waals surface area contributed by atoms with Gasteiger partial charge in [0.05, 0.1) is 39.9 Å². The first-order valence-corrected chi connectivity index (χ1v) is 33.0. The number of hydrogen-bond acceptors (Lipinski definition) is 6. The molecule has 3 atom stereocenters. The summed E-state index contributed by atoms with van der Waals surface area (Å²) < 4.78 is 23.4. The number of phosphoric acid groups is 1. The van der Waals surface area contributed by atoms with Gasteiger partial charge >= 0.3 is 0 Å². The van der Waals surface area contributed by atoms with Gasteiger partial charge in [-0.05, 0) is 19.3 Å². The molecule has 9 heteroatoms. The molecule has 0 fully saturated rings. The lowest BCUT2D eigenvalue weighted by atomic mass is 10.0. The van der Waals surface area contributed by atoms with Crippen LogP contribution in [0.15, 0.2) is 12.2 Å². The number of nitrogens with zero attached hydrogens (tertiary/aromatic N) is 1. The lowest BCUT2D eigenvalue weighted by Crippen LogP contribution is -2.45. The Labute approximate surface area is 443 Å². The molecule has 0 aliphatic rings. The average molecular weight is 1030 g/mol. The molecular formula is C62H125N2O6P. The van der Waals surface area contributed by atoms with E-state index in [4.69, 9.17) is 9.05 Å². The van der Waals surface area contributed by atoms with Crippen LogP contribution in [-0.4, -0.2) is 68.5 Å². The van der Waals surface area contributed by atoms with Crippen LogP contribution in [0.5, 0.6) is 0 Å². The molecule has 0 aliphatic heterocycles. The summed E-state index contributed by atoms with van der Waals surface area (Å²) in [6.07, 6.45) is 67.3. The van der Waals surface area contributed by atoms with Gasteiger partial charge in [0, 0.05) is 6.42 Å². The van der Waals surface area contributed by atoms with Crippen molar-refractivity contribution in [2.75, 3.05) is 40.9 Å². The van der Waals surface area contributed by atoms with Gasteiger partial charge in [-0.3, -0.25) is 9.36 Å². The molecule has 2 N–H and O–H groups in total. The van der Waals surface area contributed by atoms with Crippen molar-refractivity contribution >= 4 is 13.7 Å². The number of phosphoric ester groups is 1. The second-order valence-corrected chi connectivity index (χ2v) is 24.5. The molecule has 424 valence electrons. The van der Waals surface area contributed by atoms with Gasteiger partial charge in [0.25, 0.3) is 7.82 Å². The molecule has 0 radical (unpaired) electrons. The van der Waals surface area contributed by atoms with E-state index in [-0.39, 0.29) is 19.1 Å². The molecular weight excluding hydrogens is 900 g/mol. The normalized spacial score (nSPS) is 13.8. The highest BCUT2D eigenvalue weighted by atomic mass is 31.2. The maximum absolute atomic E-state index is 13.0. The van der Waals surface area contributed by atoms with Gasteiger partial charge in [0.15, 0.2) is 0 Å². The molecule has 0 spiro atoms. The standard InChI is InChI=1S/C62H125N2O6P/c1-6-8-10-12-14-16-18-20-22-24-26-28-30-31-32-33-34-35-37-39-41-43-45-47-49-51-53-55-61(65)60(59-70-71(67,68)69-58-57-64(3,4)5)63-62(66)56-54-52-50-48-46-44-42-40-38-36-29-27-25-23-21-19-17-15-13-11-9-7-2/h53,55,60-61,65H,6-52,54,56-59H2,1-5H3,(H-,63,66,67,68)/b55-53+. The monoisotopic (exact) mass is 1020 g/mol. The van der Waals surface area contributed by atoms with E-state index in [1.165, 1.54) is 270 Å². The molecule has 1 amide bonds. The van der Waals surface area contributed by atoms with E-state index >= 15 is 0 Å². The number of carbonyl (C=O) groups excluding carboxylic acids is 1. The van der Waals surface area contributed by atoms with Gasteiger partial charge in [0.2, 0.25) is 5.91 Å². The second kappa shape index (κ2) is 54.0. The maximum atomic E-state index is 13.0. The molecule has 0 aromatic heterocycles. The molecule has 8 nitrogen and oxygen atoms in total. The van der Waals surface area contributed by atoms with Gasteiger partial charge in [0.1, 0.15) is 13.2 Å². The maximum Gasteiger partial charge on any atom is 0.268 e. The van der Waals surface area contributed by atoms with Crippen molar-refractivity contribution in [3.63, 3.8) is 0 Å². The summed E-state index contributed by atoms with van der Waals surface area (Å²) in [5.74, 6) is -0.189. The van der Waals surface area contributed by atoms with Crippen molar-refractivity contribution in [3.05, 3.63) is 12.2 Å². The van der Waals surface area contributed by atoms with Crippen molar-refractivity contribution in [3.8, 4) is 0 Å². The van der Waals surface area contributed by atoms with Crippen LogP contribution in [0.1, 0.15) is 328 Å². The van der Waals surface area contributed by atoms with Gasteiger partial charge < -0.3 is 28.8 Å². The topological polar surface area (TPSA) is 108 Å². The van der Waals surface area contributed by atoms with Crippen LogP contribution in [-0.2, 0) is 18.4 Å². The van der Waals surface area contributed by atoms with E-state index in [9.17, 15) is 19.4 Å². The zero-order valence-corrected chi connectivity index (χ0v) is 49.4. The summed E-state index contributed by atoms with van der Waals surface area (Å²) in [5, 5.41) is 13.9. The number of aliphatic hydroxyl groups is 1. The van der Waals surface area contributed by atoms with E-state index in [1.54, 1.807) is 6.08 Å². The van der Waals surface area contributed by atoms with Gasteiger partial charge in [-0.1, -0.05) is 315 Å². The third-order valence-corrected chi connectivity index (χ3v) is 15.7. The van der Waals surface area contributed by atoms with Crippen LogP contribution in [0.4, 0.5) is 0 Å². The predicted molar refractivity (Wildman–Crippen MR) is 307 cm³/mol. The third-order valence-electron chi connectivity index (χ3n) is 14.7. The highest BCUT2D eigenvalue weighted by molar-refractivity contribution is 7.45. The Morgan fingerprint density at radius 1 is 0.479 bits per heavy atom. The fraction of sp³-hybridized carbons (Fsp3) is 0.952. The molecule has 0 aromatic carbocycles. The average Bonchev–Trinajstić information content (AvgIpc) is 3.33. The Kier molecular flexibility index (Phi) is 53.5. The zero-order chi connectivity index (χ0) is 52.0. The van der Waals surface area contributed by atoms with Crippen molar-refractivity contribution in [1.82, 2.24) is 5.32 Å². The number of rotatable bonds is 59. The fourth-order valence-electron chi connectivity index (χ4n) is 9.81. The number of quaternary nitrogens is 1. The predicted octanol–water partition coefficient (Wildman–Crippen LogP) is 18.8. The Hall–Kier alpha value is -0.760. The lowest BCUT2D eigenvalue weighted by Gasteiger charge is -2.29. The van der Waals surface area contributed by atoms with Crippen LogP contribution in [0, 0.1) is 0 Å². The summed E-state index contributed by atoms with van der Waals surface area (Å²) in [4.78, 5) is 25.5. The molecule has 0 aliphatic carbocycles. The van der Waals surface area contributed by atoms with Crippen LogP contribution in [0.2, 0.25) is 0 Å². The Morgan fingerprint density at radius 3 is 1.06 bits per heavy atom. The number of amides is 1. The third kappa shape index (κ3) is 56.8. The minimum absolute atomic E-state index is 0.00286. The van der Waals surface area contributed by atoms with E-state index in [0.717, 1.165) is 38.5 Å². The minimum Gasteiger partial charge on any atom is -0.756 e. The summed E-state index contributed by atoms with van der Waals surface area (Å²) in [7, 11) is 1.28. The van der Waals surface area contributed by atoms with Gasteiger partial charge in [-0.2, -0.15) is 0 Å². The first-order chi connectivity index (χ1) is 34.5. The SMILES string of the molecule is CCCCCCCCCCCCCCCCCCCCCCCCCCC/C=C/C(O)C(COP(=O)([O-])OCC[N+](C)(C)C)NC(=O)CCCCCCCCCCCCCCCCCCCCCCCC. The smallest absolute Gasteiger partial charge is 0.268 e. The molecule has 71 heavy (non-hydrogen) atoms. The summed E-state index contributed by atoms with van der Waals surface area (Å²) >= 11 is 0. The zero-order valence-electron chi connectivity index (χ0n) is 48.5. The van der Waals surface area contributed by atoms with E-state index in [2.05, 4.69) is 19.2 Å². The molecule has 0 saturated carbocycles. The van der Waals surface area contributed by atoms with Crippen molar-refractivity contribution in [2.24, 2.45) is 0 Å². The molecule has 3 unspecified atom stereocenters. The summed E-state index contributed by atoms with van der Waals surface area (Å²) in [5.41, 5.74) is 0. The first-order valence-electron chi connectivity index (χ1n) is 31.6. The lowest BCUT2D eigenvalue weighted by molar-refractivity contribution is -0.870. The van der Waals surface area contributed by atoms with E-state index < -0.39 is 20.0 Å². The number of aliphatic hydroxyl groups excluding tert-OH is 1. The Morgan fingerprint density at radius 2 is 0.761 bits per heavy atom. The molecule has 0 heterocycles. The van der Waals surface area contributed by atoms with E-state index in [0.29, 0.717) is 17.4 Å². The fourth-order valence-corrected chi connectivity index (χ4v) is 10.5. The van der Waals surface area contributed by atoms with Crippen LogP contribution in [0.3, 0.4) is 0 Å². The summed E-state index contributed by atoms with van der Waals surface area (Å²) in [6, 6.07) is -0.883. The quantitative estimate of drug-likeness (QED) is 0.0272. The van der Waals surface area contributed by atoms with Crippen molar-refractivity contribution in [1.29, 1.82) is 0 Å². The molecule has 0 saturated heterocycles. The van der Waals surface area contributed by atoms with Gasteiger partial charge in [-0.25, -0.2) is 0 Å².